The lowest BCUT2D eigenvalue weighted by atomic mass is 9.94. The van der Waals surface area contributed by atoms with Gasteiger partial charge < -0.3 is 4.90 Å². The van der Waals surface area contributed by atoms with Crippen LogP contribution in [0.3, 0.4) is 0 Å². The highest BCUT2D eigenvalue weighted by molar-refractivity contribution is 5.79. The van der Waals surface area contributed by atoms with E-state index in [4.69, 9.17) is 4.98 Å². The van der Waals surface area contributed by atoms with Crippen molar-refractivity contribution in [1.82, 2.24) is 24.4 Å². The van der Waals surface area contributed by atoms with Crippen molar-refractivity contribution in [3.05, 3.63) is 72.5 Å². The fourth-order valence-corrected chi connectivity index (χ4v) is 3.42. The highest BCUT2D eigenvalue weighted by Gasteiger charge is 2.26. The van der Waals surface area contributed by atoms with E-state index < -0.39 is 0 Å². The van der Waals surface area contributed by atoms with Crippen LogP contribution in [0.15, 0.2) is 55.4 Å². The maximum Gasteiger partial charge on any atom is 0.227 e. The monoisotopic (exact) mass is 365 g/mol. The molecule has 6 nitrogen and oxygen atoms in total. The molecular formula is C20H20FN5O. The van der Waals surface area contributed by atoms with E-state index in [9.17, 15) is 9.18 Å². The molecule has 1 fully saturated rings. The molecule has 0 saturated carbocycles. The quantitative estimate of drug-likeness (QED) is 0.713. The van der Waals surface area contributed by atoms with Gasteiger partial charge in [0.25, 0.3) is 0 Å². The summed E-state index contributed by atoms with van der Waals surface area (Å²) in [6.45, 7) is 1.37. The SMILES string of the molecule is O=C(Cc1ccc(F)cc1)N1CCC[C@H](c2cncc(-n3ccnc3)n2)C1. The first kappa shape index (κ1) is 17.3. The van der Waals surface area contributed by atoms with Crippen molar-refractivity contribution in [3.63, 3.8) is 0 Å². The van der Waals surface area contributed by atoms with E-state index in [2.05, 4.69) is 9.97 Å². The first-order valence-corrected chi connectivity index (χ1v) is 9.01. The third-order valence-electron chi connectivity index (χ3n) is 4.87. The van der Waals surface area contributed by atoms with E-state index in [1.807, 2.05) is 15.7 Å². The average molecular weight is 365 g/mol. The number of halogens is 1. The van der Waals surface area contributed by atoms with Gasteiger partial charge in [-0.1, -0.05) is 12.1 Å². The summed E-state index contributed by atoms with van der Waals surface area (Å²) in [4.78, 5) is 27.6. The fourth-order valence-electron chi connectivity index (χ4n) is 3.42. The molecule has 0 aliphatic carbocycles. The number of likely N-dealkylation sites (tertiary alicyclic amines) is 1. The maximum atomic E-state index is 13.0. The molecule has 27 heavy (non-hydrogen) atoms. The fraction of sp³-hybridized carbons (Fsp3) is 0.300. The normalized spacial score (nSPS) is 17.1. The van der Waals surface area contributed by atoms with Crippen LogP contribution in [0.25, 0.3) is 5.82 Å². The zero-order chi connectivity index (χ0) is 18.6. The van der Waals surface area contributed by atoms with E-state index in [1.54, 1.807) is 37.1 Å². The lowest BCUT2D eigenvalue weighted by Gasteiger charge is -2.32. The highest BCUT2D eigenvalue weighted by atomic mass is 19.1. The van der Waals surface area contributed by atoms with Gasteiger partial charge in [-0.05, 0) is 30.5 Å². The molecule has 1 aliphatic rings. The number of piperidine rings is 1. The van der Waals surface area contributed by atoms with Gasteiger partial charge in [0.05, 0.1) is 18.3 Å². The molecule has 4 rings (SSSR count). The minimum Gasteiger partial charge on any atom is -0.342 e. The van der Waals surface area contributed by atoms with Crippen LogP contribution in [0.4, 0.5) is 4.39 Å². The molecule has 1 saturated heterocycles. The number of hydrogen-bond donors (Lipinski definition) is 0. The Balaban J connectivity index is 1.45. The molecule has 2 aromatic heterocycles. The summed E-state index contributed by atoms with van der Waals surface area (Å²) in [7, 11) is 0. The average Bonchev–Trinajstić information content (AvgIpc) is 3.25. The number of aromatic nitrogens is 4. The molecule has 0 unspecified atom stereocenters. The van der Waals surface area contributed by atoms with E-state index in [-0.39, 0.29) is 24.1 Å². The van der Waals surface area contributed by atoms with Gasteiger partial charge in [0.15, 0.2) is 5.82 Å². The number of carbonyl (C=O) groups is 1. The number of carbonyl (C=O) groups excluding carboxylic acids is 1. The summed E-state index contributed by atoms with van der Waals surface area (Å²) in [5, 5.41) is 0. The summed E-state index contributed by atoms with van der Waals surface area (Å²) < 4.78 is 14.9. The van der Waals surface area contributed by atoms with Gasteiger partial charge >= 0.3 is 0 Å². The summed E-state index contributed by atoms with van der Waals surface area (Å²) in [5.41, 5.74) is 1.71. The molecule has 3 aromatic rings. The second-order valence-electron chi connectivity index (χ2n) is 6.75. The van der Waals surface area contributed by atoms with Crippen LogP contribution >= 0.6 is 0 Å². The molecule has 1 amide bonds. The Morgan fingerprint density at radius 2 is 2.04 bits per heavy atom. The van der Waals surface area contributed by atoms with Crippen LogP contribution in [-0.2, 0) is 11.2 Å². The van der Waals surface area contributed by atoms with Gasteiger partial charge in [-0.15, -0.1) is 0 Å². The first-order chi connectivity index (χ1) is 13.2. The molecule has 1 aromatic carbocycles. The Morgan fingerprint density at radius 1 is 1.19 bits per heavy atom. The van der Waals surface area contributed by atoms with Gasteiger partial charge in [0.1, 0.15) is 12.1 Å². The van der Waals surface area contributed by atoms with Crippen molar-refractivity contribution >= 4 is 5.91 Å². The molecule has 138 valence electrons. The Morgan fingerprint density at radius 3 is 2.81 bits per heavy atom. The van der Waals surface area contributed by atoms with E-state index in [0.29, 0.717) is 6.54 Å². The van der Waals surface area contributed by atoms with Crippen LogP contribution in [0.2, 0.25) is 0 Å². The standard InChI is InChI=1S/C20H20FN5O/c21-17-5-3-15(4-6-17)10-20(27)25-8-1-2-16(13-25)18-11-23-12-19(24-18)26-9-7-22-14-26/h3-7,9,11-12,14,16H,1-2,8,10,13H2/t16-/m0/s1. The molecular weight excluding hydrogens is 345 g/mol. The van der Waals surface area contributed by atoms with Crippen LogP contribution in [0, 0.1) is 5.82 Å². The predicted molar refractivity (Wildman–Crippen MR) is 97.8 cm³/mol. The lowest BCUT2D eigenvalue weighted by Crippen LogP contribution is -2.40. The van der Waals surface area contributed by atoms with E-state index in [0.717, 1.165) is 36.5 Å². The van der Waals surface area contributed by atoms with Crippen molar-refractivity contribution in [2.24, 2.45) is 0 Å². The maximum absolute atomic E-state index is 13.0. The van der Waals surface area contributed by atoms with Crippen molar-refractivity contribution in [2.75, 3.05) is 13.1 Å². The molecule has 1 aliphatic heterocycles. The second-order valence-corrected chi connectivity index (χ2v) is 6.75. The Labute approximate surface area is 156 Å². The third-order valence-corrected chi connectivity index (χ3v) is 4.87. The molecule has 3 heterocycles. The molecule has 7 heteroatoms. The molecule has 0 spiro atoms. The molecule has 1 atom stereocenters. The van der Waals surface area contributed by atoms with Gasteiger partial charge in [-0.25, -0.2) is 14.4 Å². The third kappa shape index (κ3) is 4.02. The van der Waals surface area contributed by atoms with Crippen LogP contribution < -0.4 is 0 Å². The number of amides is 1. The van der Waals surface area contributed by atoms with Crippen LogP contribution in [-0.4, -0.2) is 43.4 Å². The Hall–Kier alpha value is -3.09. The summed E-state index contributed by atoms with van der Waals surface area (Å²) in [5.74, 6) is 0.650. The van der Waals surface area contributed by atoms with Crippen molar-refractivity contribution in [2.45, 2.75) is 25.2 Å². The number of benzene rings is 1. The van der Waals surface area contributed by atoms with E-state index in [1.165, 1.54) is 12.1 Å². The number of imidazole rings is 1. The topological polar surface area (TPSA) is 63.9 Å². The number of rotatable bonds is 4. The summed E-state index contributed by atoms with van der Waals surface area (Å²) in [6, 6.07) is 6.10. The van der Waals surface area contributed by atoms with Crippen LogP contribution in [0.1, 0.15) is 30.0 Å². The second kappa shape index (κ2) is 7.65. The van der Waals surface area contributed by atoms with Gasteiger partial charge in [-0.3, -0.25) is 14.3 Å². The van der Waals surface area contributed by atoms with Gasteiger partial charge in [0.2, 0.25) is 5.91 Å². The predicted octanol–water partition coefficient (Wildman–Crippen LogP) is 2.75. The minimum atomic E-state index is -0.291. The van der Waals surface area contributed by atoms with Crippen molar-refractivity contribution in [3.8, 4) is 5.82 Å². The van der Waals surface area contributed by atoms with Crippen molar-refractivity contribution in [1.29, 1.82) is 0 Å². The van der Waals surface area contributed by atoms with Gasteiger partial charge in [0, 0.05) is 37.6 Å². The smallest absolute Gasteiger partial charge is 0.227 e. The molecule has 0 radical (unpaired) electrons. The van der Waals surface area contributed by atoms with E-state index >= 15 is 0 Å². The largest absolute Gasteiger partial charge is 0.342 e. The number of hydrogen-bond acceptors (Lipinski definition) is 4. The molecule has 0 bridgehead atoms. The molecule has 0 N–H and O–H groups in total. The first-order valence-electron chi connectivity index (χ1n) is 9.01. The zero-order valence-corrected chi connectivity index (χ0v) is 14.8. The minimum absolute atomic E-state index is 0.0602. The summed E-state index contributed by atoms with van der Waals surface area (Å²) in [6.07, 6.45) is 10.9. The zero-order valence-electron chi connectivity index (χ0n) is 14.8. The Bertz CT molecular complexity index is 910. The number of nitrogens with zero attached hydrogens (tertiary/aromatic N) is 5. The van der Waals surface area contributed by atoms with Crippen LogP contribution in [0.5, 0.6) is 0 Å². The lowest BCUT2D eigenvalue weighted by molar-refractivity contribution is -0.131. The van der Waals surface area contributed by atoms with Crippen molar-refractivity contribution < 1.29 is 9.18 Å². The summed E-state index contributed by atoms with van der Waals surface area (Å²) >= 11 is 0. The Kier molecular flexibility index (Phi) is 4.91. The highest BCUT2D eigenvalue weighted by Crippen LogP contribution is 2.26. The van der Waals surface area contributed by atoms with Gasteiger partial charge in [-0.2, -0.15) is 0 Å².